The van der Waals surface area contributed by atoms with E-state index in [2.05, 4.69) is 0 Å². The molecule has 0 spiro atoms. The van der Waals surface area contributed by atoms with Crippen LogP contribution in [-0.4, -0.2) is 56.0 Å². The number of likely N-dealkylation sites (tertiary alicyclic amines) is 1. The average Bonchev–Trinajstić information content (AvgIpc) is 3.33. The van der Waals surface area contributed by atoms with Gasteiger partial charge in [-0.1, -0.05) is 48.0 Å². The van der Waals surface area contributed by atoms with Crippen LogP contribution in [0.3, 0.4) is 0 Å². The summed E-state index contributed by atoms with van der Waals surface area (Å²) in [6, 6.07) is 22.3. The van der Waals surface area contributed by atoms with Crippen LogP contribution in [0.4, 0.5) is 0 Å². The first-order chi connectivity index (χ1) is 16.9. The van der Waals surface area contributed by atoms with E-state index >= 15 is 0 Å². The fourth-order valence-corrected chi connectivity index (χ4v) is 4.88. The van der Waals surface area contributed by atoms with Gasteiger partial charge in [-0.15, -0.1) is 0 Å². The molecule has 0 saturated carbocycles. The number of carbonyl (C=O) groups is 2. The predicted molar refractivity (Wildman–Crippen MR) is 136 cm³/mol. The number of methoxy groups -OCH3 is 2. The third-order valence-corrected chi connectivity index (χ3v) is 6.71. The number of rotatable bonds is 7. The van der Waals surface area contributed by atoms with Crippen LogP contribution in [0.5, 0.6) is 11.5 Å². The van der Waals surface area contributed by atoms with Crippen molar-refractivity contribution in [3.05, 3.63) is 94.5 Å². The molecule has 1 aliphatic rings. The number of halogens is 1. The predicted octanol–water partition coefficient (Wildman–Crippen LogP) is 4.87. The highest BCUT2D eigenvalue weighted by atomic mass is 35.5. The summed E-state index contributed by atoms with van der Waals surface area (Å²) in [7, 11) is 5.01. The Labute approximate surface area is 211 Å². The second-order valence-corrected chi connectivity index (χ2v) is 9.16. The Balaban J connectivity index is 1.67. The summed E-state index contributed by atoms with van der Waals surface area (Å²) in [5.74, 6) is 0.466. The summed E-state index contributed by atoms with van der Waals surface area (Å²) in [5, 5.41) is 0.497. The Bertz CT molecular complexity index is 1200. The van der Waals surface area contributed by atoms with Crippen molar-refractivity contribution < 1.29 is 19.1 Å². The number of benzene rings is 3. The number of hydrogen-bond donors (Lipinski definition) is 0. The van der Waals surface area contributed by atoms with Crippen molar-refractivity contribution in [2.75, 3.05) is 34.4 Å². The van der Waals surface area contributed by atoms with Gasteiger partial charge in [-0.2, -0.15) is 0 Å². The number of hydrogen-bond acceptors (Lipinski definition) is 4. The molecule has 0 N–H and O–H groups in total. The van der Waals surface area contributed by atoms with Gasteiger partial charge in [0.2, 0.25) is 5.91 Å². The zero-order valence-electron chi connectivity index (χ0n) is 20.1. The van der Waals surface area contributed by atoms with E-state index in [9.17, 15) is 9.59 Å². The smallest absolute Gasteiger partial charge is 0.253 e. The maximum atomic E-state index is 13.7. The second-order valence-electron chi connectivity index (χ2n) is 8.72. The van der Waals surface area contributed by atoms with E-state index < -0.39 is 5.92 Å². The maximum Gasteiger partial charge on any atom is 0.253 e. The van der Waals surface area contributed by atoms with Gasteiger partial charge in [0.25, 0.3) is 5.91 Å². The van der Waals surface area contributed by atoms with Gasteiger partial charge in [-0.05, 0) is 42.0 Å². The van der Waals surface area contributed by atoms with Crippen LogP contribution in [0.25, 0.3) is 0 Å². The molecule has 0 aromatic heterocycles. The lowest BCUT2D eigenvalue weighted by Gasteiger charge is -2.25. The Morgan fingerprint density at radius 3 is 2.43 bits per heavy atom. The summed E-state index contributed by atoms with van der Waals surface area (Å²) >= 11 is 6.13. The topological polar surface area (TPSA) is 59.1 Å². The zero-order valence-corrected chi connectivity index (χ0v) is 20.9. The van der Waals surface area contributed by atoms with Crippen molar-refractivity contribution in [2.24, 2.45) is 5.92 Å². The second kappa shape index (κ2) is 10.8. The van der Waals surface area contributed by atoms with Crippen molar-refractivity contribution >= 4 is 23.4 Å². The van der Waals surface area contributed by atoms with Crippen LogP contribution in [0.1, 0.15) is 27.4 Å². The van der Waals surface area contributed by atoms with Crippen LogP contribution < -0.4 is 9.47 Å². The Kier molecular flexibility index (Phi) is 7.61. The maximum absolute atomic E-state index is 13.7. The molecule has 6 nitrogen and oxygen atoms in total. The molecule has 3 aromatic carbocycles. The zero-order chi connectivity index (χ0) is 24.9. The normalized spacial score (nSPS) is 17.2. The summed E-state index contributed by atoms with van der Waals surface area (Å²) in [5.41, 5.74) is 2.39. The monoisotopic (exact) mass is 492 g/mol. The summed E-state index contributed by atoms with van der Waals surface area (Å²) in [6.45, 7) is 1.17. The fraction of sp³-hybridized carbons (Fsp3) is 0.286. The minimum atomic E-state index is -0.437. The highest BCUT2D eigenvalue weighted by molar-refractivity contribution is 6.30. The first-order valence-corrected chi connectivity index (χ1v) is 11.8. The van der Waals surface area contributed by atoms with Crippen LogP contribution in [0, 0.1) is 5.92 Å². The Hall–Kier alpha value is -3.51. The molecule has 4 rings (SSSR count). The molecule has 1 fully saturated rings. The number of amides is 2. The highest BCUT2D eigenvalue weighted by Crippen LogP contribution is 2.40. The molecule has 2 atom stereocenters. The third-order valence-electron chi connectivity index (χ3n) is 6.47. The summed E-state index contributed by atoms with van der Waals surface area (Å²) < 4.78 is 11.1. The van der Waals surface area contributed by atoms with Crippen LogP contribution in [0.15, 0.2) is 72.8 Å². The minimum absolute atomic E-state index is 0.0230. The van der Waals surface area contributed by atoms with Gasteiger partial charge in [-0.25, -0.2) is 0 Å². The van der Waals surface area contributed by atoms with Gasteiger partial charge in [0.1, 0.15) is 11.5 Å². The number of carbonyl (C=O) groups excluding carboxylic acids is 2. The van der Waals surface area contributed by atoms with Gasteiger partial charge < -0.3 is 19.3 Å². The lowest BCUT2D eigenvalue weighted by Crippen LogP contribution is -2.36. The van der Waals surface area contributed by atoms with Crippen molar-refractivity contribution in [3.8, 4) is 11.5 Å². The largest absolute Gasteiger partial charge is 0.497 e. The van der Waals surface area contributed by atoms with E-state index in [1.807, 2.05) is 48.5 Å². The molecule has 7 heteroatoms. The van der Waals surface area contributed by atoms with Crippen molar-refractivity contribution in [2.45, 2.75) is 12.5 Å². The molecule has 1 heterocycles. The molecule has 1 aliphatic heterocycles. The molecular weight excluding hydrogens is 464 g/mol. The average molecular weight is 493 g/mol. The lowest BCUT2D eigenvalue weighted by molar-refractivity contribution is -0.134. The standard InChI is InChI=1S/C28H29ClN2O4/c1-30(16-19-8-5-4-6-9-19)28(33)25-18-31(27(32)20-10-7-11-21(29)14-20)17-24(25)23-15-22(34-2)12-13-26(23)35-3/h4-15,24-25H,16-18H2,1-3H3/t24-,25-/m1/s1. The Morgan fingerprint density at radius 2 is 1.74 bits per heavy atom. The first-order valence-electron chi connectivity index (χ1n) is 11.5. The Morgan fingerprint density at radius 1 is 0.971 bits per heavy atom. The molecule has 3 aromatic rings. The van der Waals surface area contributed by atoms with E-state index in [-0.39, 0.29) is 17.7 Å². The van der Waals surface area contributed by atoms with Crippen molar-refractivity contribution in [1.82, 2.24) is 9.80 Å². The van der Waals surface area contributed by atoms with Crippen molar-refractivity contribution in [1.29, 1.82) is 0 Å². The van der Waals surface area contributed by atoms with Gasteiger partial charge in [0, 0.05) is 48.7 Å². The SMILES string of the molecule is COc1ccc(OC)c([C@H]2CN(C(=O)c3cccc(Cl)c3)C[C@H]2C(=O)N(C)Cc2ccccc2)c1. The molecule has 0 radical (unpaired) electrons. The number of ether oxygens (including phenoxy) is 2. The van der Waals surface area contributed by atoms with Gasteiger partial charge in [0.05, 0.1) is 20.1 Å². The van der Waals surface area contributed by atoms with E-state index in [4.69, 9.17) is 21.1 Å². The van der Waals surface area contributed by atoms with Crippen LogP contribution in [-0.2, 0) is 11.3 Å². The summed E-state index contributed by atoms with van der Waals surface area (Å²) in [6.07, 6.45) is 0. The van der Waals surface area contributed by atoms with Gasteiger partial charge >= 0.3 is 0 Å². The molecule has 0 aliphatic carbocycles. The molecule has 2 amide bonds. The quantitative estimate of drug-likeness (QED) is 0.472. The van der Waals surface area contributed by atoms with E-state index in [0.29, 0.717) is 41.7 Å². The van der Waals surface area contributed by atoms with Gasteiger partial charge in [-0.3, -0.25) is 9.59 Å². The fourth-order valence-electron chi connectivity index (χ4n) is 4.69. The van der Waals surface area contributed by atoms with E-state index in [1.165, 1.54) is 0 Å². The molecule has 182 valence electrons. The third kappa shape index (κ3) is 5.43. The lowest BCUT2D eigenvalue weighted by atomic mass is 9.87. The molecule has 0 bridgehead atoms. The van der Waals surface area contributed by atoms with Gasteiger partial charge in [0.15, 0.2) is 0 Å². The molecule has 35 heavy (non-hydrogen) atoms. The molecular formula is C28H29ClN2O4. The van der Waals surface area contributed by atoms with E-state index in [1.54, 1.807) is 55.3 Å². The van der Waals surface area contributed by atoms with Crippen LogP contribution >= 0.6 is 11.6 Å². The van der Waals surface area contributed by atoms with E-state index in [0.717, 1.165) is 11.1 Å². The van der Waals surface area contributed by atoms with Crippen molar-refractivity contribution in [3.63, 3.8) is 0 Å². The highest BCUT2D eigenvalue weighted by Gasteiger charge is 2.43. The minimum Gasteiger partial charge on any atom is -0.497 e. The summed E-state index contributed by atoms with van der Waals surface area (Å²) in [4.78, 5) is 30.6. The number of nitrogens with zero attached hydrogens (tertiary/aromatic N) is 2. The molecule has 1 saturated heterocycles. The first kappa shape index (κ1) is 24.6. The van der Waals surface area contributed by atoms with Crippen LogP contribution in [0.2, 0.25) is 5.02 Å². The molecule has 0 unspecified atom stereocenters.